The minimum absolute atomic E-state index is 0. The van der Waals surface area contributed by atoms with Crippen LogP contribution in [-0.2, 0) is 42.3 Å². The minimum Gasteiger partial charge on any atom is -0.741 e. The van der Waals surface area contributed by atoms with Crippen LogP contribution in [0.1, 0.15) is 25.2 Å². The van der Waals surface area contributed by atoms with Gasteiger partial charge in [-0.25, -0.2) is 18.6 Å². The summed E-state index contributed by atoms with van der Waals surface area (Å²) in [7, 11) is 2.38. The number of nitrogens with zero attached hydrogens (tertiary/aromatic N) is 8. The van der Waals surface area contributed by atoms with Crippen LogP contribution < -0.4 is 18.6 Å². The summed E-state index contributed by atoms with van der Waals surface area (Å²) in [6.45, 7) is 3.70. The summed E-state index contributed by atoms with van der Waals surface area (Å²) >= 11 is 9.96. The van der Waals surface area contributed by atoms with Crippen LogP contribution in [0.25, 0.3) is 0 Å². The van der Waals surface area contributed by atoms with Gasteiger partial charge < -0.3 is 35.1 Å². The Morgan fingerprint density at radius 3 is 1.22 bits per heavy atom. The van der Waals surface area contributed by atoms with E-state index in [4.69, 9.17) is 43.9 Å². The van der Waals surface area contributed by atoms with Crippen LogP contribution >= 0.6 is 0 Å². The molecule has 0 amide bonds. The molecule has 2 aromatic heterocycles. The summed E-state index contributed by atoms with van der Waals surface area (Å²) in [4.78, 5) is 11.8. The zero-order chi connectivity index (χ0) is 27.0. The van der Waals surface area contributed by atoms with Crippen LogP contribution in [-0.4, -0.2) is 69.7 Å². The largest absolute Gasteiger partial charge is 3.00 e. The SMILES string of the molecule is C/C(=N\N=C(/[S-])N(C)C)c1ccccn1.C/C(=N\N=C(/[S-])N(C)C)c1ccccn1.[Fe+3].[O-][Cl+3]([O-])([O-])[O-]. The summed E-state index contributed by atoms with van der Waals surface area (Å²) in [5.41, 5.74) is 3.12. The Kier molecular flexibility index (Phi) is 18.8. The van der Waals surface area contributed by atoms with Crippen LogP contribution in [0.15, 0.2) is 69.2 Å². The molecule has 0 unspecified atom stereocenters. The van der Waals surface area contributed by atoms with Gasteiger partial charge in [0.25, 0.3) is 0 Å². The van der Waals surface area contributed by atoms with Gasteiger partial charge in [0.15, 0.2) is 0 Å². The second-order valence-electron chi connectivity index (χ2n) is 6.73. The van der Waals surface area contributed by atoms with Gasteiger partial charge >= 0.3 is 17.1 Å². The van der Waals surface area contributed by atoms with E-state index in [1.54, 1.807) is 22.2 Å². The first-order chi connectivity index (χ1) is 16.2. The van der Waals surface area contributed by atoms with E-state index in [0.29, 0.717) is 10.3 Å². The van der Waals surface area contributed by atoms with E-state index in [1.807, 2.05) is 78.4 Å². The topological polar surface area (TPSA) is 174 Å². The summed E-state index contributed by atoms with van der Waals surface area (Å²) in [6.07, 6.45) is 3.44. The van der Waals surface area contributed by atoms with Gasteiger partial charge in [0.2, 0.25) is 0 Å². The molecule has 36 heavy (non-hydrogen) atoms. The third-order valence-electron chi connectivity index (χ3n) is 3.41. The maximum Gasteiger partial charge on any atom is 3.00 e. The van der Waals surface area contributed by atoms with E-state index in [-0.39, 0.29) is 17.1 Å². The average Bonchev–Trinajstić information content (AvgIpc) is 2.80. The van der Waals surface area contributed by atoms with Crippen molar-refractivity contribution in [3.63, 3.8) is 0 Å². The van der Waals surface area contributed by atoms with Crippen LogP contribution in [0.2, 0.25) is 0 Å². The Morgan fingerprint density at radius 1 is 0.694 bits per heavy atom. The molecule has 0 bridgehead atoms. The van der Waals surface area contributed by atoms with Gasteiger partial charge in [-0.05, 0) is 38.1 Å². The fourth-order valence-electron chi connectivity index (χ4n) is 1.67. The Morgan fingerprint density at radius 2 is 1.00 bits per heavy atom. The Balaban J connectivity index is 0. The van der Waals surface area contributed by atoms with E-state index in [0.717, 1.165) is 22.8 Å². The number of halogens is 1. The maximum absolute atomic E-state index is 8.49. The molecular formula is C20H26ClFeN8O4S2. The van der Waals surface area contributed by atoms with E-state index < -0.39 is 10.2 Å². The van der Waals surface area contributed by atoms with Gasteiger partial charge in [-0.2, -0.15) is 20.4 Å². The summed E-state index contributed by atoms with van der Waals surface area (Å²) < 4.78 is 34.0. The number of aromatic nitrogens is 2. The predicted octanol–water partition coefficient (Wildman–Crippen LogP) is -2.22. The number of hydrogen-bond acceptors (Lipinski definition) is 12. The van der Waals surface area contributed by atoms with E-state index in [2.05, 4.69) is 30.4 Å². The van der Waals surface area contributed by atoms with Crippen molar-refractivity contribution in [2.45, 2.75) is 13.8 Å². The second kappa shape index (κ2) is 18.9. The van der Waals surface area contributed by atoms with Crippen molar-refractivity contribution >= 4 is 47.0 Å². The Hall–Kier alpha value is -2.33. The van der Waals surface area contributed by atoms with E-state index in [1.165, 1.54) is 0 Å². The number of rotatable bonds is 4. The normalized spacial score (nSPS) is 12.3. The summed E-state index contributed by atoms with van der Waals surface area (Å²) in [5, 5.41) is 16.7. The molecule has 16 heteroatoms. The quantitative estimate of drug-likeness (QED) is 0.123. The van der Waals surface area contributed by atoms with Gasteiger partial charge in [-0.1, -0.05) is 12.1 Å². The van der Waals surface area contributed by atoms with Gasteiger partial charge in [0.1, 0.15) is 0 Å². The van der Waals surface area contributed by atoms with Crippen molar-refractivity contribution in [2.24, 2.45) is 20.4 Å². The van der Waals surface area contributed by atoms with Gasteiger partial charge in [-0.3, -0.25) is 9.97 Å². The first-order valence-electron chi connectivity index (χ1n) is 9.60. The standard InChI is InChI=1S/2C10H14N4S.ClHO4.Fe/c2*1-8(9-6-4-5-7-11-9)12-13-10(15)14(2)3;2-1(3,4)5;/h2*4-7H,1-3H3,(H,13,15);(H,2,3,4,5);/q;;;+3/p-3/b2*12-8+;;. The molecule has 2 heterocycles. The number of amidine groups is 2. The van der Waals surface area contributed by atoms with Crippen molar-refractivity contribution in [1.29, 1.82) is 0 Å². The first kappa shape index (κ1) is 35.8. The Bertz CT molecular complexity index is 924. The molecule has 0 fully saturated rings. The van der Waals surface area contributed by atoms with Gasteiger partial charge in [0, 0.05) is 50.9 Å². The van der Waals surface area contributed by atoms with E-state index >= 15 is 0 Å². The number of hydrogen-bond donors (Lipinski definition) is 0. The van der Waals surface area contributed by atoms with Gasteiger partial charge in [0.05, 0.1) is 22.8 Å². The molecular weight excluding hydrogens is 572 g/mol. The smallest absolute Gasteiger partial charge is 0.741 e. The summed E-state index contributed by atoms with van der Waals surface area (Å²) in [5.74, 6) is 0. The third-order valence-corrected chi connectivity index (χ3v) is 4.30. The molecule has 0 saturated carbocycles. The Labute approximate surface area is 234 Å². The molecule has 0 aliphatic heterocycles. The molecule has 0 aliphatic carbocycles. The molecule has 197 valence electrons. The van der Waals surface area contributed by atoms with Crippen molar-refractivity contribution < 1.29 is 45.9 Å². The van der Waals surface area contributed by atoms with Crippen molar-refractivity contribution in [1.82, 2.24) is 19.8 Å². The molecule has 0 saturated heterocycles. The predicted molar refractivity (Wildman–Crippen MR) is 130 cm³/mol. The van der Waals surface area contributed by atoms with E-state index in [9.17, 15) is 0 Å². The molecule has 1 radical (unpaired) electrons. The summed E-state index contributed by atoms with van der Waals surface area (Å²) in [6, 6.07) is 11.3. The molecule has 0 N–H and O–H groups in total. The second-order valence-corrected chi connectivity index (χ2v) is 8.22. The zero-order valence-corrected chi connectivity index (χ0v) is 23.9. The first-order valence-corrected chi connectivity index (χ1v) is 11.6. The molecule has 0 aromatic carbocycles. The third kappa shape index (κ3) is 18.9. The van der Waals surface area contributed by atoms with Crippen LogP contribution in [0, 0.1) is 10.2 Å². The van der Waals surface area contributed by atoms with Crippen molar-refractivity contribution in [2.75, 3.05) is 28.2 Å². The molecule has 0 atom stereocenters. The monoisotopic (exact) mass is 597 g/mol. The van der Waals surface area contributed by atoms with Crippen LogP contribution in [0.4, 0.5) is 0 Å². The van der Waals surface area contributed by atoms with Crippen molar-refractivity contribution in [3.05, 3.63) is 60.2 Å². The molecule has 0 spiro atoms. The fraction of sp³-hybridized carbons (Fsp3) is 0.300. The molecule has 12 nitrogen and oxygen atoms in total. The molecule has 2 aromatic rings. The zero-order valence-electron chi connectivity index (χ0n) is 20.4. The average molecular weight is 598 g/mol. The van der Waals surface area contributed by atoms with Crippen LogP contribution in [0.3, 0.4) is 0 Å². The maximum atomic E-state index is 8.49. The van der Waals surface area contributed by atoms with Gasteiger partial charge in [-0.15, -0.1) is 10.2 Å². The fourth-order valence-corrected chi connectivity index (χ4v) is 1.75. The minimum atomic E-state index is -4.94. The van der Waals surface area contributed by atoms with Crippen molar-refractivity contribution in [3.8, 4) is 0 Å². The molecule has 2 rings (SSSR count). The van der Waals surface area contributed by atoms with Crippen LogP contribution in [0.5, 0.6) is 0 Å². The number of pyridine rings is 2. The molecule has 0 aliphatic rings.